The van der Waals surface area contributed by atoms with Crippen LogP contribution in [-0.2, 0) is 5.60 Å². The third-order valence-corrected chi connectivity index (χ3v) is 1.39. The van der Waals surface area contributed by atoms with Gasteiger partial charge in [0.05, 0.1) is 11.2 Å². The highest BCUT2D eigenvalue weighted by molar-refractivity contribution is 5.13. The van der Waals surface area contributed by atoms with E-state index in [4.69, 9.17) is 0 Å². The molecule has 0 amide bonds. The van der Waals surface area contributed by atoms with Gasteiger partial charge in [-0.05, 0) is 19.9 Å². The van der Waals surface area contributed by atoms with Gasteiger partial charge in [-0.3, -0.25) is 4.79 Å². The SMILES string of the molecule is CC(C)(O)c1ccn[nH]c1=O. The van der Waals surface area contributed by atoms with Gasteiger partial charge in [0.25, 0.3) is 5.56 Å². The van der Waals surface area contributed by atoms with Crippen molar-refractivity contribution < 1.29 is 5.11 Å². The molecule has 4 nitrogen and oxygen atoms in total. The van der Waals surface area contributed by atoms with E-state index < -0.39 is 5.60 Å². The zero-order valence-electron chi connectivity index (χ0n) is 6.46. The van der Waals surface area contributed by atoms with Crippen LogP contribution in [0.2, 0.25) is 0 Å². The van der Waals surface area contributed by atoms with Gasteiger partial charge in [0.15, 0.2) is 0 Å². The molecule has 0 unspecified atom stereocenters. The average Bonchev–Trinajstić information content (AvgIpc) is 1.86. The Balaban J connectivity index is 3.26. The topological polar surface area (TPSA) is 66.0 Å². The zero-order chi connectivity index (χ0) is 8.48. The largest absolute Gasteiger partial charge is 0.386 e. The Morgan fingerprint density at radius 1 is 1.64 bits per heavy atom. The molecule has 1 aromatic heterocycles. The van der Waals surface area contributed by atoms with Gasteiger partial charge in [0, 0.05) is 6.20 Å². The Bertz CT molecular complexity index is 298. The molecule has 0 aliphatic carbocycles. The van der Waals surface area contributed by atoms with Gasteiger partial charge in [-0.2, -0.15) is 5.10 Å². The second-order valence-electron chi connectivity index (χ2n) is 2.86. The summed E-state index contributed by atoms with van der Waals surface area (Å²) in [6.45, 7) is 3.11. The van der Waals surface area contributed by atoms with E-state index in [1.54, 1.807) is 13.8 Å². The van der Waals surface area contributed by atoms with Crippen molar-refractivity contribution in [2.75, 3.05) is 0 Å². The van der Waals surface area contributed by atoms with Crippen LogP contribution in [0.3, 0.4) is 0 Å². The van der Waals surface area contributed by atoms with Gasteiger partial charge in [0.2, 0.25) is 0 Å². The second-order valence-corrected chi connectivity index (χ2v) is 2.86. The Morgan fingerprint density at radius 3 is 2.64 bits per heavy atom. The molecule has 1 rings (SSSR count). The molecule has 60 valence electrons. The molecule has 2 N–H and O–H groups in total. The van der Waals surface area contributed by atoms with Crippen molar-refractivity contribution in [1.29, 1.82) is 0 Å². The maximum atomic E-state index is 11.0. The molecule has 0 spiro atoms. The van der Waals surface area contributed by atoms with Crippen LogP contribution in [0.15, 0.2) is 17.1 Å². The van der Waals surface area contributed by atoms with Crippen LogP contribution in [-0.4, -0.2) is 15.3 Å². The van der Waals surface area contributed by atoms with Crippen molar-refractivity contribution in [3.05, 3.63) is 28.2 Å². The summed E-state index contributed by atoms with van der Waals surface area (Å²) in [6.07, 6.45) is 1.44. The summed E-state index contributed by atoms with van der Waals surface area (Å²) in [5, 5.41) is 15.2. The van der Waals surface area contributed by atoms with Crippen LogP contribution < -0.4 is 5.56 Å². The van der Waals surface area contributed by atoms with Crippen LogP contribution >= 0.6 is 0 Å². The number of H-pyrrole nitrogens is 1. The van der Waals surface area contributed by atoms with Gasteiger partial charge < -0.3 is 5.11 Å². The lowest BCUT2D eigenvalue weighted by molar-refractivity contribution is 0.0768. The fraction of sp³-hybridized carbons (Fsp3) is 0.429. The smallest absolute Gasteiger partial charge is 0.270 e. The highest BCUT2D eigenvalue weighted by atomic mass is 16.3. The normalized spacial score (nSPS) is 11.5. The number of nitrogens with zero attached hydrogens (tertiary/aromatic N) is 1. The average molecular weight is 154 g/mol. The van der Waals surface area contributed by atoms with Crippen LogP contribution in [0, 0.1) is 0 Å². The number of nitrogens with one attached hydrogen (secondary N) is 1. The van der Waals surface area contributed by atoms with Crippen molar-refractivity contribution in [2.24, 2.45) is 0 Å². The maximum absolute atomic E-state index is 11.0. The fourth-order valence-electron chi connectivity index (χ4n) is 0.825. The highest BCUT2D eigenvalue weighted by Crippen LogP contribution is 2.13. The Labute approximate surface area is 63.9 Å². The van der Waals surface area contributed by atoms with Crippen molar-refractivity contribution in [2.45, 2.75) is 19.4 Å². The van der Waals surface area contributed by atoms with E-state index in [-0.39, 0.29) is 5.56 Å². The highest BCUT2D eigenvalue weighted by Gasteiger charge is 2.18. The maximum Gasteiger partial charge on any atom is 0.270 e. The summed E-state index contributed by atoms with van der Waals surface area (Å²) in [5.74, 6) is 0. The summed E-state index contributed by atoms with van der Waals surface area (Å²) in [7, 11) is 0. The van der Waals surface area contributed by atoms with Crippen LogP contribution in [0.5, 0.6) is 0 Å². The third-order valence-electron chi connectivity index (χ3n) is 1.39. The van der Waals surface area contributed by atoms with E-state index in [2.05, 4.69) is 10.2 Å². The lowest BCUT2D eigenvalue weighted by atomic mass is 10.0. The predicted molar refractivity (Wildman–Crippen MR) is 40.1 cm³/mol. The summed E-state index contributed by atoms with van der Waals surface area (Å²) < 4.78 is 0. The summed E-state index contributed by atoms with van der Waals surface area (Å²) in [5.41, 5.74) is -1.12. The van der Waals surface area contributed by atoms with Crippen LogP contribution in [0.4, 0.5) is 0 Å². The number of rotatable bonds is 1. The molecule has 0 bridgehead atoms. The molecule has 0 aliphatic rings. The molecule has 11 heavy (non-hydrogen) atoms. The van der Waals surface area contributed by atoms with E-state index in [0.29, 0.717) is 5.56 Å². The van der Waals surface area contributed by atoms with Gasteiger partial charge in [-0.25, -0.2) is 5.10 Å². The van der Waals surface area contributed by atoms with Crippen molar-refractivity contribution in [1.82, 2.24) is 10.2 Å². The zero-order valence-corrected chi connectivity index (χ0v) is 6.46. The van der Waals surface area contributed by atoms with Gasteiger partial charge in [0.1, 0.15) is 0 Å². The number of hydrogen-bond acceptors (Lipinski definition) is 3. The van der Waals surface area contributed by atoms with Crippen LogP contribution in [0.1, 0.15) is 19.4 Å². The van der Waals surface area contributed by atoms with E-state index in [1.807, 2.05) is 0 Å². The van der Waals surface area contributed by atoms with Crippen molar-refractivity contribution >= 4 is 0 Å². The first-order valence-corrected chi connectivity index (χ1v) is 3.28. The van der Waals surface area contributed by atoms with Crippen LogP contribution in [0.25, 0.3) is 0 Å². The molecule has 0 saturated heterocycles. The monoisotopic (exact) mass is 154 g/mol. The minimum atomic E-state index is -1.10. The van der Waals surface area contributed by atoms with E-state index in [1.165, 1.54) is 12.3 Å². The van der Waals surface area contributed by atoms with Gasteiger partial charge >= 0.3 is 0 Å². The molecule has 0 atom stereocenters. The first-order chi connectivity index (χ1) is 5.02. The third kappa shape index (κ3) is 1.65. The standard InChI is InChI=1S/C7H10N2O2/c1-7(2,11)5-3-4-8-9-6(5)10/h3-4,11H,1-2H3,(H,9,10). The van der Waals surface area contributed by atoms with Gasteiger partial charge in [-0.15, -0.1) is 0 Å². The number of hydrogen-bond donors (Lipinski definition) is 2. The molecule has 0 saturated carbocycles. The summed E-state index contributed by atoms with van der Waals surface area (Å²) >= 11 is 0. The summed E-state index contributed by atoms with van der Waals surface area (Å²) in [4.78, 5) is 11.0. The quantitative estimate of drug-likeness (QED) is 0.598. The first-order valence-electron chi connectivity index (χ1n) is 3.28. The lowest BCUT2D eigenvalue weighted by Crippen LogP contribution is -2.26. The van der Waals surface area contributed by atoms with E-state index >= 15 is 0 Å². The van der Waals surface area contributed by atoms with Crippen molar-refractivity contribution in [3.63, 3.8) is 0 Å². The molecule has 0 fully saturated rings. The lowest BCUT2D eigenvalue weighted by Gasteiger charge is -2.14. The summed E-state index contributed by atoms with van der Waals surface area (Å²) in [6, 6.07) is 1.50. The first kappa shape index (κ1) is 7.94. The molecule has 0 aliphatic heterocycles. The number of aromatic amines is 1. The second kappa shape index (κ2) is 2.47. The molecule has 1 aromatic rings. The number of aliphatic hydroxyl groups is 1. The molecular weight excluding hydrogens is 144 g/mol. The minimum absolute atomic E-state index is 0.326. The predicted octanol–water partition coefficient (Wildman–Crippen LogP) is -0.00270. The molecule has 4 heteroatoms. The Hall–Kier alpha value is -1.16. The molecular formula is C7H10N2O2. The van der Waals surface area contributed by atoms with Crippen molar-refractivity contribution in [3.8, 4) is 0 Å². The minimum Gasteiger partial charge on any atom is -0.386 e. The molecule has 1 heterocycles. The van der Waals surface area contributed by atoms with E-state index in [9.17, 15) is 9.90 Å². The van der Waals surface area contributed by atoms with E-state index in [0.717, 1.165) is 0 Å². The molecule has 0 aromatic carbocycles. The fourth-order valence-corrected chi connectivity index (χ4v) is 0.825. The molecule has 0 radical (unpaired) electrons. The van der Waals surface area contributed by atoms with Gasteiger partial charge in [-0.1, -0.05) is 0 Å². The Morgan fingerprint density at radius 2 is 2.27 bits per heavy atom. The Kier molecular flexibility index (Phi) is 1.78. The number of aromatic nitrogens is 2.